The maximum absolute atomic E-state index is 12.2. The highest BCUT2D eigenvalue weighted by Gasteiger charge is 2.41. The lowest BCUT2D eigenvalue weighted by Crippen LogP contribution is -2.50. The van der Waals surface area contributed by atoms with Crippen LogP contribution in [0.5, 0.6) is 0 Å². The van der Waals surface area contributed by atoms with Crippen LogP contribution in [-0.4, -0.2) is 47.2 Å². The first-order chi connectivity index (χ1) is 8.91. The van der Waals surface area contributed by atoms with Crippen LogP contribution in [0.4, 0.5) is 0 Å². The lowest BCUT2D eigenvalue weighted by Gasteiger charge is -2.28. The van der Waals surface area contributed by atoms with Crippen LogP contribution in [0.3, 0.4) is 0 Å². The van der Waals surface area contributed by atoms with E-state index < -0.39 is 29.8 Å². The number of carboxylic acids is 2. The minimum atomic E-state index is -1.38. The highest BCUT2D eigenvalue weighted by molar-refractivity contribution is 5.89. The summed E-state index contributed by atoms with van der Waals surface area (Å²) in [5.74, 6) is -2.94. The number of hydrogen-bond acceptors (Lipinski definition) is 4. The first kappa shape index (κ1) is 15.4. The van der Waals surface area contributed by atoms with E-state index in [0.29, 0.717) is 25.9 Å². The van der Waals surface area contributed by atoms with Crippen molar-refractivity contribution in [2.75, 3.05) is 13.1 Å². The van der Waals surface area contributed by atoms with E-state index in [9.17, 15) is 14.4 Å². The van der Waals surface area contributed by atoms with E-state index in [-0.39, 0.29) is 5.91 Å². The first-order valence-corrected chi connectivity index (χ1v) is 6.37. The molecule has 1 fully saturated rings. The summed E-state index contributed by atoms with van der Waals surface area (Å²) in [5.41, 5.74) is -0.610. The van der Waals surface area contributed by atoms with Crippen molar-refractivity contribution in [3.05, 3.63) is 0 Å². The van der Waals surface area contributed by atoms with Gasteiger partial charge in [0.2, 0.25) is 5.91 Å². The summed E-state index contributed by atoms with van der Waals surface area (Å²) in [5, 5.41) is 23.0. The highest BCUT2D eigenvalue weighted by Crippen LogP contribution is 2.31. The molecule has 4 N–H and O–H groups in total. The molecule has 0 aliphatic carbocycles. The van der Waals surface area contributed by atoms with Gasteiger partial charge < -0.3 is 20.8 Å². The molecule has 1 rings (SSSR count). The lowest BCUT2D eigenvalue weighted by atomic mass is 9.81. The molecule has 1 saturated heterocycles. The zero-order chi connectivity index (χ0) is 14.5. The van der Waals surface area contributed by atoms with Crippen molar-refractivity contribution in [2.24, 2.45) is 5.41 Å². The summed E-state index contributed by atoms with van der Waals surface area (Å²) in [6, 6.07) is -1.38. The van der Waals surface area contributed by atoms with E-state index in [1.54, 1.807) is 0 Å². The van der Waals surface area contributed by atoms with Crippen LogP contribution in [0, 0.1) is 5.41 Å². The van der Waals surface area contributed by atoms with Gasteiger partial charge in [-0.25, -0.2) is 4.79 Å². The Kier molecular flexibility index (Phi) is 5.29. The van der Waals surface area contributed by atoms with Gasteiger partial charge in [0.15, 0.2) is 0 Å². The zero-order valence-electron chi connectivity index (χ0n) is 10.9. The number of amides is 1. The number of hydrogen-bond donors (Lipinski definition) is 4. The Morgan fingerprint density at radius 2 is 2.05 bits per heavy atom. The van der Waals surface area contributed by atoms with Crippen LogP contribution in [0.15, 0.2) is 0 Å². The quantitative estimate of drug-likeness (QED) is 0.510. The normalized spacial score (nSPS) is 23.8. The minimum Gasteiger partial charge on any atom is -0.481 e. The summed E-state index contributed by atoms with van der Waals surface area (Å²) in [7, 11) is 0. The fraction of sp³-hybridized carbons (Fsp3) is 0.750. The summed E-state index contributed by atoms with van der Waals surface area (Å²) in [6.07, 6.45) is 1.50. The van der Waals surface area contributed by atoms with Crippen LogP contribution < -0.4 is 10.6 Å². The van der Waals surface area contributed by atoms with Crippen molar-refractivity contribution in [2.45, 2.75) is 38.6 Å². The van der Waals surface area contributed by atoms with E-state index >= 15 is 0 Å². The Bertz CT molecular complexity index is 363. The predicted molar refractivity (Wildman–Crippen MR) is 66.6 cm³/mol. The Balaban J connectivity index is 2.74. The van der Waals surface area contributed by atoms with Gasteiger partial charge in [-0.3, -0.25) is 9.59 Å². The standard InChI is InChI=1S/C12H20N2O5/c1-2-3-12(4-5-13-7-12)11(19)14-8(10(17)18)6-9(15)16/h8,13H,2-7H2,1H3,(H,14,19)(H,15,16)(H,17,18). The van der Waals surface area contributed by atoms with Gasteiger partial charge in [-0.1, -0.05) is 13.3 Å². The number of rotatable bonds is 7. The minimum absolute atomic E-state index is 0.368. The van der Waals surface area contributed by atoms with Gasteiger partial charge in [0.05, 0.1) is 11.8 Å². The summed E-state index contributed by atoms with van der Waals surface area (Å²) >= 11 is 0. The molecule has 108 valence electrons. The molecule has 1 aliphatic heterocycles. The fourth-order valence-corrected chi connectivity index (χ4v) is 2.43. The highest BCUT2D eigenvalue weighted by atomic mass is 16.4. The Morgan fingerprint density at radius 1 is 1.37 bits per heavy atom. The van der Waals surface area contributed by atoms with Gasteiger partial charge in [-0.2, -0.15) is 0 Å². The van der Waals surface area contributed by atoms with Crippen LogP contribution in [0.2, 0.25) is 0 Å². The van der Waals surface area contributed by atoms with E-state index in [4.69, 9.17) is 10.2 Å². The number of carbonyl (C=O) groups is 3. The summed E-state index contributed by atoms with van der Waals surface area (Å²) in [6.45, 7) is 3.18. The SMILES string of the molecule is CCCC1(C(=O)NC(CC(=O)O)C(=O)O)CCNC1. The van der Waals surface area contributed by atoms with Crippen LogP contribution in [0.1, 0.15) is 32.6 Å². The van der Waals surface area contributed by atoms with Crippen molar-refractivity contribution in [3.8, 4) is 0 Å². The Hall–Kier alpha value is -1.63. The topological polar surface area (TPSA) is 116 Å². The molecule has 0 bridgehead atoms. The second kappa shape index (κ2) is 6.51. The number of aliphatic carboxylic acids is 2. The third kappa shape index (κ3) is 3.92. The molecular formula is C12H20N2O5. The van der Waals surface area contributed by atoms with Crippen LogP contribution >= 0.6 is 0 Å². The van der Waals surface area contributed by atoms with Crippen LogP contribution in [0.25, 0.3) is 0 Å². The van der Waals surface area contributed by atoms with Gasteiger partial charge in [0, 0.05) is 6.54 Å². The number of nitrogens with one attached hydrogen (secondary N) is 2. The molecule has 0 spiro atoms. The molecule has 7 heteroatoms. The van der Waals surface area contributed by atoms with E-state index in [2.05, 4.69) is 10.6 Å². The van der Waals surface area contributed by atoms with Crippen molar-refractivity contribution < 1.29 is 24.6 Å². The Labute approximate surface area is 111 Å². The molecule has 2 unspecified atom stereocenters. The molecule has 1 amide bonds. The monoisotopic (exact) mass is 272 g/mol. The molecule has 1 aliphatic rings. The molecule has 0 saturated carbocycles. The van der Waals surface area contributed by atoms with Crippen molar-refractivity contribution in [1.29, 1.82) is 0 Å². The van der Waals surface area contributed by atoms with Gasteiger partial charge in [0.1, 0.15) is 6.04 Å². The average Bonchev–Trinajstić information content (AvgIpc) is 2.77. The second-order valence-electron chi connectivity index (χ2n) is 4.92. The number of carbonyl (C=O) groups excluding carboxylic acids is 1. The third-order valence-electron chi connectivity index (χ3n) is 3.44. The lowest BCUT2D eigenvalue weighted by molar-refractivity contribution is -0.148. The first-order valence-electron chi connectivity index (χ1n) is 6.37. The molecule has 1 heterocycles. The molecule has 0 aromatic rings. The molecule has 19 heavy (non-hydrogen) atoms. The number of carboxylic acid groups (broad SMARTS) is 2. The molecule has 0 aromatic carbocycles. The molecule has 2 atom stereocenters. The van der Waals surface area contributed by atoms with Crippen molar-refractivity contribution in [3.63, 3.8) is 0 Å². The van der Waals surface area contributed by atoms with Gasteiger partial charge >= 0.3 is 11.9 Å². The van der Waals surface area contributed by atoms with E-state index in [1.165, 1.54) is 0 Å². The van der Waals surface area contributed by atoms with Gasteiger partial charge in [-0.05, 0) is 19.4 Å². The molecule has 7 nitrogen and oxygen atoms in total. The average molecular weight is 272 g/mol. The second-order valence-corrected chi connectivity index (χ2v) is 4.92. The van der Waals surface area contributed by atoms with Gasteiger partial charge in [-0.15, -0.1) is 0 Å². The largest absolute Gasteiger partial charge is 0.481 e. The van der Waals surface area contributed by atoms with Crippen molar-refractivity contribution in [1.82, 2.24) is 10.6 Å². The predicted octanol–water partition coefficient (Wildman–Crippen LogP) is -0.190. The van der Waals surface area contributed by atoms with E-state index in [0.717, 1.165) is 6.42 Å². The van der Waals surface area contributed by atoms with Gasteiger partial charge in [0.25, 0.3) is 0 Å². The maximum Gasteiger partial charge on any atom is 0.326 e. The van der Waals surface area contributed by atoms with Crippen LogP contribution in [-0.2, 0) is 14.4 Å². The molecule has 0 aromatic heterocycles. The zero-order valence-corrected chi connectivity index (χ0v) is 10.9. The maximum atomic E-state index is 12.2. The molecule has 0 radical (unpaired) electrons. The van der Waals surface area contributed by atoms with E-state index in [1.807, 2.05) is 6.92 Å². The smallest absolute Gasteiger partial charge is 0.326 e. The fourth-order valence-electron chi connectivity index (χ4n) is 2.43. The van der Waals surface area contributed by atoms with Crippen molar-refractivity contribution >= 4 is 17.8 Å². The summed E-state index contributed by atoms with van der Waals surface area (Å²) < 4.78 is 0. The molecular weight excluding hydrogens is 252 g/mol. The Morgan fingerprint density at radius 3 is 2.47 bits per heavy atom. The third-order valence-corrected chi connectivity index (χ3v) is 3.44. The summed E-state index contributed by atoms with van der Waals surface area (Å²) in [4.78, 5) is 33.8.